The summed E-state index contributed by atoms with van der Waals surface area (Å²) in [4.78, 5) is 36.4. The van der Waals surface area contributed by atoms with E-state index in [-0.39, 0.29) is 23.2 Å². The van der Waals surface area contributed by atoms with Crippen LogP contribution in [0.4, 0.5) is 5.69 Å². The van der Waals surface area contributed by atoms with Gasteiger partial charge in [-0.2, -0.15) is 0 Å². The molecule has 0 unspecified atom stereocenters. The number of nitrogens with one attached hydrogen (secondary N) is 1. The number of esters is 1. The minimum Gasteiger partial charge on any atom is -0.454 e. The summed E-state index contributed by atoms with van der Waals surface area (Å²) in [5.41, 5.74) is 1.86. The molecule has 0 spiro atoms. The predicted octanol–water partition coefficient (Wildman–Crippen LogP) is 2.69. The number of hydrogen-bond donors (Lipinski definition) is 1. The Hall–Kier alpha value is -3.88. The van der Waals surface area contributed by atoms with Crippen molar-refractivity contribution in [1.82, 2.24) is 20.2 Å². The highest BCUT2D eigenvalue weighted by molar-refractivity contribution is 6.00. The van der Waals surface area contributed by atoms with E-state index < -0.39 is 12.6 Å². The second-order valence-electron chi connectivity index (χ2n) is 7.03. The lowest BCUT2D eigenvalue weighted by Gasteiger charge is -2.08. The molecule has 0 saturated carbocycles. The van der Waals surface area contributed by atoms with Gasteiger partial charge in [0.25, 0.3) is 0 Å². The molecule has 3 aromatic rings. The number of ketones is 1. The molecule has 30 heavy (non-hydrogen) atoms. The van der Waals surface area contributed by atoms with E-state index in [0.29, 0.717) is 23.4 Å². The second-order valence-corrected chi connectivity index (χ2v) is 7.03. The zero-order chi connectivity index (χ0) is 21.5. The fourth-order valence-electron chi connectivity index (χ4n) is 2.68. The second kappa shape index (κ2) is 9.55. The van der Waals surface area contributed by atoms with Crippen LogP contribution in [0.25, 0.3) is 5.69 Å². The average Bonchev–Trinajstić information content (AvgIpc) is 3.27. The van der Waals surface area contributed by atoms with Gasteiger partial charge in [-0.05, 0) is 58.8 Å². The number of anilines is 1. The fraction of sp³-hybridized carbons (Fsp3) is 0.238. The number of carbonyl (C=O) groups is 3. The highest BCUT2D eigenvalue weighted by Gasteiger charge is 2.13. The molecule has 1 N–H and O–H groups in total. The van der Waals surface area contributed by atoms with Crippen LogP contribution < -0.4 is 5.32 Å². The molecule has 1 heterocycles. The Kier molecular flexibility index (Phi) is 6.63. The van der Waals surface area contributed by atoms with Crippen LogP contribution in [-0.4, -0.2) is 44.5 Å². The average molecular weight is 407 g/mol. The Morgan fingerprint density at radius 2 is 1.83 bits per heavy atom. The summed E-state index contributed by atoms with van der Waals surface area (Å²) in [6.45, 7) is 3.53. The van der Waals surface area contributed by atoms with Crippen molar-refractivity contribution >= 4 is 23.3 Å². The van der Waals surface area contributed by atoms with Gasteiger partial charge in [0.15, 0.2) is 12.4 Å². The fourth-order valence-corrected chi connectivity index (χ4v) is 2.68. The van der Waals surface area contributed by atoms with Crippen LogP contribution >= 0.6 is 0 Å². The number of amides is 1. The van der Waals surface area contributed by atoms with Gasteiger partial charge in [0, 0.05) is 17.7 Å². The SMILES string of the molecule is CC(C)CC(=O)Nc1ccc(C(=O)COC(=O)c2cccc(-n3cnnn3)c2)cc1. The number of rotatable bonds is 8. The summed E-state index contributed by atoms with van der Waals surface area (Å²) in [7, 11) is 0. The third kappa shape index (κ3) is 5.57. The van der Waals surface area contributed by atoms with Crippen LogP contribution in [0.15, 0.2) is 54.9 Å². The molecule has 0 aliphatic rings. The van der Waals surface area contributed by atoms with Crippen LogP contribution in [0.2, 0.25) is 0 Å². The van der Waals surface area contributed by atoms with Crippen LogP contribution in [0.5, 0.6) is 0 Å². The first-order valence-corrected chi connectivity index (χ1v) is 9.36. The van der Waals surface area contributed by atoms with Crippen molar-refractivity contribution in [3.05, 3.63) is 66.0 Å². The van der Waals surface area contributed by atoms with Gasteiger partial charge in [-0.1, -0.05) is 19.9 Å². The number of hydrogen-bond acceptors (Lipinski definition) is 7. The summed E-state index contributed by atoms with van der Waals surface area (Å²) >= 11 is 0. The summed E-state index contributed by atoms with van der Waals surface area (Å²) in [6.07, 6.45) is 1.83. The molecule has 0 bridgehead atoms. The Bertz CT molecular complexity index is 1030. The number of carbonyl (C=O) groups excluding carboxylic acids is 3. The molecule has 154 valence electrons. The number of aromatic nitrogens is 4. The first kappa shape index (κ1) is 20.8. The zero-order valence-corrected chi connectivity index (χ0v) is 16.6. The largest absolute Gasteiger partial charge is 0.454 e. The molecule has 2 aromatic carbocycles. The molecular weight excluding hydrogens is 386 g/mol. The number of tetrazole rings is 1. The first-order chi connectivity index (χ1) is 14.4. The molecule has 1 aromatic heterocycles. The van der Waals surface area contributed by atoms with E-state index in [1.807, 2.05) is 13.8 Å². The molecule has 9 heteroatoms. The number of benzene rings is 2. The van der Waals surface area contributed by atoms with E-state index >= 15 is 0 Å². The normalized spacial score (nSPS) is 10.6. The van der Waals surface area contributed by atoms with Crippen LogP contribution in [0.3, 0.4) is 0 Å². The summed E-state index contributed by atoms with van der Waals surface area (Å²) in [5, 5.41) is 13.6. The number of Topliss-reactive ketones (excluding diaryl/α,β-unsaturated/α-hetero) is 1. The van der Waals surface area contributed by atoms with Crippen LogP contribution in [0.1, 0.15) is 41.0 Å². The lowest BCUT2D eigenvalue weighted by molar-refractivity contribution is -0.116. The third-order valence-corrected chi connectivity index (χ3v) is 4.11. The third-order valence-electron chi connectivity index (χ3n) is 4.11. The standard InChI is InChI=1S/C21H21N5O4/c1-14(2)10-20(28)23-17-8-6-15(7-9-17)19(27)12-30-21(29)16-4-3-5-18(11-16)26-13-22-24-25-26/h3-9,11,13-14H,10,12H2,1-2H3,(H,23,28). The van der Waals surface area contributed by atoms with Crippen LogP contribution in [0, 0.1) is 5.92 Å². The highest BCUT2D eigenvalue weighted by atomic mass is 16.5. The van der Waals surface area contributed by atoms with Gasteiger partial charge >= 0.3 is 5.97 Å². The van der Waals surface area contributed by atoms with Crippen molar-refractivity contribution < 1.29 is 19.1 Å². The molecule has 1 amide bonds. The van der Waals surface area contributed by atoms with Gasteiger partial charge in [0.05, 0.1) is 11.3 Å². The lowest BCUT2D eigenvalue weighted by atomic mass is 10.1. The Morgan fingerprint density at radius 3 is 2.50 bits per heavy atom. The monoisotopic (exact) mass is 407 g/mol. The lowest BCUT2D eigenvalue weighted by Crippen LogP contribution is -2.15. The van der Waals surface area contributed by atoms with Crippen molar-refractivity contribution in [2.24, 2.45) is 5.92 Å². The maximum atomic E-state index is 12.3. The molecule has 0 aliphatic carbocycles. The van der Waals surface area contributed by atoms with Gasteiger partial charge in [0.1, 0.15) is 6.33 Å². The molecule has 0 aliphatic heterocycles. The summed E-state index contributed by atoms with van der Waals surface area (Å²) in [5.74, 6) is -0.799. The topological polar surface area (TPSA) is 116 Å². The number of nitrogens with zero attached hydrogens (tertiary/aromatic N) is 4. The van der Waals surface area contributed by atoms with Crippen LogP contribution in [-0.2, 0) is 9.53 Å². The predicted molar refractivity (Wildman–Crippen MR) is 108 cm³/mol. The van der Waals surface area contributed by atoms with Crippen molar-refractivity contribution in [1.29, 1.82) is 0 Å². The molecule has 0 fully saturated rings. The number of ether oxygens (including phenoxy) is 1. The first-order valence-electron chi connectivity index (χ1n) is 9.36. The Balaban J connectivity index is 1.56. The van der Waals surface area contributed by atoms with Crippen molar-refractivity contribution in [3.63, 3.8) is 0 Å². The van der Waals surface area contributed by atoms with Crippen molar-refractivity contribution in [2.75, 3.05) is 11.9 Å². The minimum atomic E-state index is -0.629. The maximum Gasteiger partial charge on any atom is 0.338 e. The van der Waals surface area contributed by atoms with Gasteiger partial charge in [-0.15, -0.1) is 5.10 Å². The van der Waals surface area contributed by atoms with Gasteiger partial charge in [0.2, 0.25) is 5.91 Å². The van der Waals surface area contributed by atoms with Crippen molar-refractivity contribution in [2.45, 2.75) is 20.3 Å². The highest BCUT2D eigenvalue weighted by Crippen LogP contribution is 2.13. The zero-order valence-electron chi connectivity index (χ0n) is 16.6. The van der Waals surface area contributed by atoms with E-state index in [1.54, 1.807) is 48.5 Å². The van der Waals surface area contributed by atoms with Gasteiger partial charge < -0.3 is 10.1 Å². The summed E-state index contributed by atoms with van der Waals surface area (Å²) < 4.78 is 6.54. The minimum absolute atomic E-state index is 0.0816. The molecule has 9 nitrogen and oxygen atoms in total. The molecule has 0 saturated heterocycles. The van der Waals surface area contributed by atoms with E-state index in [1.165, 1.54) is 11.0 Å². The van der Waals surface area contributed by atoms with Gasteiger partial charge in [-0.3, -0.25) is 9.59 Å². The smallest absolute Gasteiger partial charge is 0.338 e. The molecule has 0 radical (unpaired) electrons. The van der Waals surface area contributed by atoms with E-state index in [0.717, 1.165) is 0 Å². The van der Waals surface area contributed by atoms with Crippen molar-refractivity contribution in [3.8, 4) is 5.69 Å². The quantitative estimate of drug-likeness (QED) is 0.451. The molecule has 3 rings (SSSR count). The molecule has 0 atom stereocenters. The Morgan fingerprint density at radius 1 is 1.07 bits per heavy atom. The van der Waals surface area contributed by atoms with Gasteiger partial charge in [-0.25, -0.2) is 9.48 Å². The maximum absolute atomic E-state index is 12.3. The van der Waals surface area contributed by atoms with E-state index in [2.05, 4.69) is 20.8 Å². The molecular formula is C21H21N5O4. The summed E-state index contributed by atoms with van der Waals surface area (Å²) in [6, 6.07) is 13.0. The van der Waals surface area contributed by atoms with E-state index in [9.17, 15) is 14.4 Å². The Labute approximate surface area is 173 Å². The van der Waals surface area contributed by atoms with E-state index in [4.69, 9.17) is 4.74 Å².